The van der Waals surface area contributed by atoms with E-state index in [2.05, 4.69) is 36.7 Å². The molecule has 20 heavy (non-hydrogen) atoms. The molecule has 0 aliphatic carbocycles. The number of nitrogens with one attached hydrogen (secondary N) is 1. The molecule has 0 saturated carbocycles. The van der Waals surface area contributed by atoms with Crippen LogP contribution in [0.1, 0.15) is 34.6 Å². The zero-order valence-electron chi connectivity index (χ0n) is 12.7. The Labute approximate surface area is 136 Å². The molecule has 1 fully saturated rings. The van der Waals surface area contributed by atoms with Crippen molar-refractivity contribution in [3.05, 3.63) is 0 Å². The van der Waals surface area contributed by atoms with Crippen LogP contribution in [0.3, 0.4) is 0 Å². The monoisotopic (exact) mass is 336 g/mol. The Hall–Kier alpha value is -0.140. The minimum atomic E-state index is -0.498. The fourth-order valence-corrected chi connectivity index (χ4v) is 4.41. The van der Waals surface area contributed by atoms with E-state index in [1.54, 1.807) is 0 Å². The number of alkyl carbamates (subject to hydrolysis) is 1. The third-order valence-electron chi connectivity index (χ3n) is 2.78. The van der Waals surface area contributed by atoms with Gasteiger partial charge in [-0.1, -0.05) is 12.2 Å². The van der Waals surface area contributed by atoms with Crippen LogP contribution in [-0.2, 0) is 4.74 Å². The van der Waals surface area contributed by atoms with Crippen molar-refractivity contribution in [1.82, 2.24) is 10.2 Å². The SMILES string of the molecule is CC(C)(C)OC(=O)NCC(=S)N1[C@@H](CS)SCC1(C)C. The Morgan fingerprint density at radius 2 is 2.15 bits per heavy atom. The predicted octanol–water partition coefficient (Wildman–Crippen LogP) is 2.92. The van der Waals surface area contributed by atoms with E-state index in [9.17, 15) is 4.79 Å². The highest BCUT2D eigenvalue weighted by Crippen LogP contribution is 2.37. The number of rotatable bonds is 3. The van der Waals surface area contributed by atoms with E-state index in [0.717, 1.165) is 16.5 Å². The van der Waals surface area contributed by atoms with Crippen LogP contribution >= 0.6 is 36.6 Å². The van der Waals surface area contributed by atoms with Crippen LogP contribution in [0.2, 0.25) is 0 Å². The normalized spacial score (nSPS) is 21.7. The first-order chi connectivity index (χ1) is 9.07. The van der Waals surface area contributed by atoms with Crippen LogP contribution < -0.4 is 5.32 Å². The maximum absolute atomic E-state index is 11.7. The van der Waals surface area contributed by atoms with Gasteiger partial charge in [0.05, 0.1) is 16.9 Å². The third-order valence-corrected chi connectivity index (χ3v) is 5.35. The quantitative estimate of drug-likeness (QED) is 0.613. The molecule has 0 spiro atoms. The van der Waals surface area contributed by atoms with Crippen molar-refractivity contribution in [1.29, 1.82) is 0 Å². The summed E-state index contributed by atoms with van der Waals surface area (Å²) in [5.74, 6) is 1.74. The lowest BCUT2D eigenvalue weighted by Crippen LogP contribution is -2.51. The molecular formula is C13H24N2O2S3. The fraction of sp³-hybridized carbons (Fsp3) is 0.846. The summed E-state index contributed by atoms with van der Waals surface area (Å²) in [4.78, 5) is 14.6. The predicted molar refractivity (Wildman–Crippen MR) is 92.9 cm³/mol. The molecule has 0 bridgehead atoms. The van der Waals surface area contributed by atoms with Crippen molar-refractivity contribution in [2.75, 3.05) is 18.1 Å². The Bertz CT molecular complexity index is 380. The van der Waals surface area contributed by atoms with Gasteiger partial charge in [-0.15, -0.1) is 11.8 Å². The lowest BCUT2D eigenvalue weighted by Gasteiger charge is -2.36. The van der Waals surface area contributed by atoms with Gasteiger partial charge in [0.15, 0.2) is 0 Å². The molecule has 0 radical (unpaired) electrons. The second-order valence-electron chi connectivity index (χ2n) is 6.38. The number of thiol groups is 1. The third kappa shape index (κ3) is 5.00. The van der Waals surface area contributed by atoms with Crippen molar-refractivity contribution in [3.63, 3.8) is 0 Å². The van der Waals surface area contributed by atoms with E-state index in [1.165, 1.54) is 0 Å². The lowest BCUT2D eigenvalue weighted by molar-refractivity contribution is 0.0534. The molecule has 1 N–H and O–H groups in total. The lowest BCUT2D eigenvalue weighted by atomic mass is 10.1. The van der Waals surface area contributed by atoms with Gasteiger partial charge < -0.3 is 15.0 Å². The number of thioether (sulfide) groups is 1. The highest BCUT2D eigenvalue weighted by Gasteiger charge is 2.40. The second-order valence-corrected chi connectivity index (χ2v) is 8.38. The maximum atomic E-state index is 11.7. The van der Waals surface area contributed by atoms with Gasteiger partial charge in [-0.25, -0.2) is 4.79 Å². The molecule has 1 aliphatic heterocycles. The molecule has 0 unspecified atom stereocenters. The Morgan fingerprint density at radius 3 is 2.65 bits per heavy atom. The van der Waals surface area contributed by atoms with E-state index < -0.39 is 11.7 Å². The number of thiocarbonyl (C=S) groups is 1. The van der Waals surface area contributed by atoms with E-state index in [0.29, 0.717) is 6.54 Å². The summed E-state index contributed by atoms with van der Waals surface area (Å²) in [7, 11) is 0. The smallest absolute Gasteiger partial charge is 0.408 e. The van der Waals surface area contributed by atoms with Gasteiger partial charge >= 0.3 is 6.09 Å². The minimum Gasteiger partial charge on any atom is -0.444 e. The summed E-state index contributed by atoms with van der Waals surface area (Å²) in [6, 6.07) is 0. The highest BCUT2D eigenvalue weighted by molar-refractivity contribution is 8.01. The molecule has 116 valence electrons. The molecule has 1 rings (SSSR count). The topological polar surface area (TPSA) is 41.6 Å². The van der Waals surface area contributed by atoms with Crippen molar-refractivity contribution < 1.29 is 9.53 Å². The van der Waals surface area contributed by atoms with Gasteiger partial charge in [0.2, 0.25) is 0 Å². The summed E-state index contributed by atoms with van der Waals surface area (Å²) in [6.07, 6.45) is -0.438. The van der Waals surface area contributed by atoms with Gasteiger partial charge in [-0.2, -0.15) is 12.6 Å². The molecule has 0 aromatic rings. The number of carbonyl (C=O) groups excluding carboxylic acids is 1. The number of hydrogen-bond donors (Lipinski definition) is 2. The molecule has 4 nitrogen and oxygen atoms in total. The standard InChI is InChI=1S/C13H24N2O2S3/c1-12(2,3)17-11(16)14-6-9(19)15-10(7-18)20-8-13(15,4)5/h10,18H,6-8H2,1-5H3,(H,14,16)/t10-/m1/s1. The van der Waals surface area contributed by atoms with Crippen LogP contribution in [0.5, 0.6) is 0 Å². The summed E-state index contributed by atoms with van der Waals surface area (Å²) >= 11 is 11.7. The first-order valence-electron chi connectivity index (χ1n) is 6.58. The average molecular weight is 337 g/mol. The molecule has 1 saturated heterocycles. The van der Waals surface area contributed by atoms with Gasteiger partial charge in [-0.05, 0) is 34.6 Å². The summed E-state index contributed by atoms with van der Waals surface area (Å²) < 4.78 is 5.21. The number of hydrogen-bond acceptors (Lipinski definition) is 5. The van der Waals surface area contributed by atoms with E-state index in [1.807, 2.05) is 32.5 Å². The summed E-state index contributed by atoms with van der Waals surface area (Å²) in [5.41, 5.74) is -0.507. The first-order valence-corrected chi connectivity index (χ1v) is 8.67. The molecule has 7 heteroatoms. The fourth-order valence-electron chi connectivity index (χ4n) is 2.01. The van der Waals surface area contributed by atoms with Crippen LogP contribution in [0.15, 0.2) is 0 Å². The highest BCUT2D eigenvalue weighted by atomic mass is 32.2. The molecular weight excluding hydrogens is 312 g/mol. The minimum absolute atomic E-state index is 0.00917. The Balaban J connectivity index is 2.56. The van der Waals surface area contributed by atoms with Gasteiger partial charge in [0.1, 0.15) is 5.60 Å². The molecule has 1 atom stereocenters. The van der Waals surface area contributed by atoms with Crippen molar-refractivity contribution in [2.45, 2.75) is 51.1 Å². The number of nitrogens with zero attached hydrogens (tertiary/aromatic N) is 1. The van der Waals surface area contributed by atoms with Crippen LogP contribution in [0, 0.1) is 0 Å². The molecule has 0 aromatic carbocycles. The van der Waals surface area contributed by atoms with Crippen molar-refractivity contribution >= 4 is 47.7 Å². The summed E-state index contributed by atoms with van der Waals surface area (Å²) in [6.45, 7) is 10.1. The average Bonchev–Trinajstić information content (AvgIpc) is 2.59. The second kappa shape index (κ2) is 6.75. The molecule has 1 amide bonds. The van der Waals surface area contributed by atoms with Gasteiger partial charge in [0.25, 0.3) is 0 Å². The van der Waals surface area contributed by atoms with E-state index >= 15 is 0 Å². The van der Waals surface area contributed by atoms with Gasteiger partial charge in [-0.3, -0.25) is 0 Å². The number of carbonyl (C=O) groups is 1. The van der Waals surface area contributed by atoms with Gasteiger partial charge in [0, 0.05) is 17.0 Å². The first kappa shape index (κ1) is 17.9. The number of amides is 1. The number of ether oxygens (including phenoxy) is 1. The van der Waals surface area contributed by atoms with Crippen LogP contribution in [0.25, 0.3) is 0 Å². The molecule has 0 aromatic heterocycles. The van der Waals surface area contributed by atoms with E-state index in [-0.39, 0.29) is 10.9 Å². The largest absolute Gasteiger partial charge is 0.444 e. The van der Waals surface area contributed by atoms with E-state index in [4.69, 9.17) is 17.0 Å². The molecule has 1 heterocycles. The Kier molecular flexibility index (Phi) is 6.04. The summed E-state index contributed by atoms with van der Waals surface area (Å²) in [5, 5.41) is 2.99. The zero-order valence-corrected chi connectivity index (χ0v) is 15.3. The maximum Gasteiger partial charge on any atom is 0.408 e. The van der Waals surface area contributed by atoms with Crippen molar-refractivity contribution in [2.24, 2.45) is 0 Å². The Morgan fingerprint density at radius 1 is 1.55 bits per heavy atom. The zero-order chi connectivity index (χ0) is 15.6. The van der Waals surface area contributed by atoms with Crippen molar-refractivity contribution in [3.8, 4) is 0 Å². The van der Waals surface area contributed by atoms with Crippen LogP contribution in [0.4, 0.5) is 4.79 Å². The molecule has 1 aliphatic rings. The van der Waals surface area contributed by atoms with Crippen LogP contribution in [-0.4, -0.2) is 50.5 Å².